The van der Waals surface area contributed by atoms with Crippen molar-refractivity contribution >= 4 is 5.97 Å². The zero-order chi connectivity index (χ0) is 15.4. The molecule has 1 aromatic rings. The lowest BCUT2D eigenvalue weighted by molar-refractivity contribution is 0.0594. The Morgan fingerprint density at radius 2 is 2.14 bits per heavy atom. The molecule has 1 aromatic heterocycles. The van der Waals surface area contributed by atoms with E-state index in [4.69, 9.17) is 0 Å². The van der Waals surface area contributed by atoms with E-state index >= 15 is 0 Å². The maximum atomic E-state index is 11.4. The van der Waals surface area contributed by atoms with Gasteiger partial charge in [0.1, 0.15) is 0 Å². The van der Waals surface area contributed by atoms with Crippen molar-refractivity contribution < 1.29 is 9.53 Å². The van der Waals surface area contributed by atoms with Crippen molar-refractivity contribution in [3.05, 3.63) is 24.0 Å². The van der Waals surface area contributed by atoms with Crippen LogP contribution in [0, 0.1) is 5.92 Å². The lowest BCUT2D eigenvalue weighted by Gasteiger charge is -2.34. The van der Waals surface area contributed by atoms with Crippen LogP contribution >= 0.6 is 0 Å². The third-order valence-electron chi connectivity index (χ3n) is 4.73. The van der Waals surface area contributed by atoms with Gasteiger partial charge in [0.25, 0.3) is 0 Å². The Labute approximate surface area is 131 Å². The summed E-state index contributed by atoms with van der Waals surface area (Å²) in [5, 5.41) is 7.98. The van der Waals surface area contributed by atoms with Crippen LogP contribution < -0.4 is 0 Å². The second kappa shape index (κ2) is 7.05. The number of likely N-dealkylation sites (tertiary alicyclic amines) is 1. The van der Waals surface area contributed by atoms with Gasteiger partial charge in [-0.1, -0.05) is 17.4 Å². The minimum absolute atomic E-state index is 0.291. The summed E-state index contributed by atoms with van der Waals surface area (Å²) in [6, 6.07) is 0.341. The molecule has 0 unspecified atom stereocenters. The maximum Gasteiger partial charge on any atom is 0.360 e. The molecule has 1 saturated heterocycles. The van der Waals surface area contributed by atoms with Gasteiger partial charge < -0.3 is 9.64 Å². The van der Waals surface area contributed by atoms with E-state index in [-0.39, 0.29) is 0 Å². The Kier molecular flexibility index (Phi) is 4.87. The second-order valence-corrected chi connectivity index (χ2v) is 6.26. The molecule has 1 fully saturated rings. The fourth-order valence-electron chi connectivity index (χ4n) is 3.41. The standard InChI is InChI=1S/C16H24N4O2/c1-22-16(21)15-12-20(18-17-15)14-7-9-19(10-8-14)11-13-5-3-2-4-6-13/h2-3,12-14H,4-11H2,1H3/t13-/m0/s1. The van der Waals surface area contributed by atoms with Crippen molar-refractivity contribution in [1.82, 2.24) is 19.9 Å². The van der Waals surface area contributed by atoms with Gasteiger partial charge in [-0.2, -0.15) is 0 Å². The van der Waals surface area contributed by atoms with Crippen molar-refractivity contribution in [3.8, 4) is 0 Å². The highest BCUT2D eigenvalue weighted by Crippen LogP contribution is 2.25. The highest BCUT2D eigenvalue weighted by Gasteiger charge is 2.24. The largest absolute Gasteiger partial charge is 0.464 e. The molecule has 0 bridgehead atoms. The van der Waals surface area contributed by atoms with Crippen LogP contribution in [-0.2, 0) is 4.74 Å². The molecule has 0 N–H and O–H groups in total. The number of carbonyl (C=O) groups excluding carboxylic acids is 1. The van der Waals surface area contributed by atoms with E-state index in [1.807, 2.05) is 4.68 Å². The number of methoxy groups -OCH3 is 1. The van der Waals surface area contributed by atoms with Crippen LogP contribution in [0.15, 0.2) is 18.3 Å². The lowest BCUT2D eigenvalue weighted by Crippen LogP contribution is -2.38. The molecular weight excluding hydrogens is 280 g/mol. The molecule has 120 valence electrons. The first-order chi connectivity index (χ1) is 10.8. The van der Waals surface area contributed by atoms with E-state index in [9.17, 15) is 4.79 Å². The van der Waals surface area contributed by atoms with Gasteiger partial charge >= 0.3 is 5.97 Å². The number of allylic oxidation sites excluding steroid dienone is 2. The minimum Gasteiger partial charge on any atom is -0.464 e. The van der Waals surface area contributed by atoms with Crippen molar-refractivity contribution in [3.63, 3.8) is 0 Å². The van der Waals surface area contributed by atoms with Crippen LogP contribution in [-0.4, -0.2) is 52.6 Å². The van der Waals surface area contributed by atoms with E-state index in [0.717, 1.165) is 31.8 Å². The highest BCUT2D eigenvalue weighted by molar-refractivity contribution is 5.86. The summed E-state index contributed by atoms with van der Waals surface area (Å²) < 4.78 is 6.50. The van der Waals surface area contributed by atoms with Crippen LogP contribution in [0.2, 0.25) is 0 Å². The average Bonchev–Trinajstić information content (AvgIpc) is 3.06. The predicted octanol–water partition coefficient (Wildman–Crippen LogP) is 2.06. The van der Waals surface area contributed by atoms with Crippen molar-refractivity contribution in [2.24, 2.45) is 5.92 Å². The quantitative estimate of drug-likeness (QED) is 0.629. The number of carbonyl (C=O) groups is 1. The predicted molar refractivity (Wildman–Crippen MR) is 82.6 cm³/mol. The number of aromatic nitrogens is 3. The van der Waals surface area contributed by atoms with Gasteiger partial charge in [0.2, 0.25) is 0 Å². The summed E-state index contributed by atoms with van der Waals surface area (Å²) >= 11 is 0. The molecule has 0 spiro atoms. The summed E-state index contributed by atoms with van der Waals surface area (Å²) in [6.45, 7) is 3.40. The highest BCUT2D eigenvalue weighted by atomic mass is 16.5. The van der Waals surface area contributed by atoms with Gasteiger partial charge in [0, 0.05) is 19.6 Å². The van der Waals surface area contributed by atoms with Crippen LogP contribution in [0.5, 0.6) is 0 Å². The van der Waals surface area contributed by atoms with Crippen molar-refractivity contribution in [2.75, 3.05) is 26.7 Å². The van der Waals surface area contributed by atoms with Gasteiger partial charge in [-0.25, -0.2) is 9.48 Å². The number of ether oxygens (including phenoxy) is 1. The molecule has 6 heteroatoms. The first-order valence-electron chi connectivity index (χ1n) is 8.13. The normalized spacial score (nSPS) is 23.6. The molecule has 3 rings (SSSR count). The van der Waals surface area contributed by atoms with Crippen LogP contribution in [0.4, 0.5) is 0 Å². The molecule has 1 atom stereocenters. The molecule has 6 nitrogen and oxygen atoms in total. The topological polar surface area (TPSA) is 60.2 Å². The smallest absolute Gasteiger partial charge is 0.360 e. The molecule has 2 heterocycles. The summed E-state index contributed by atoms with van der Waals surface area (Å²) in [7, 11) is 1.36. The number of piperidine rings is 1. The van der Waals surface area contributed by atoms with E-state index in [0.29, 0.717) is 11.7 Å². The molecule has 0 amide bonds. The van der Waals surface area contributed by atoms with Crippen molar-refractivity contribution in [1.29, 1.82) is 0 Å². The third-order valence-corrected chi connectivity index (χ3v) is 4.73. The van der Waals surface area contributed by atoms with E-state index in [1.165, 1.54) is 32.9 Å². The van der Waals surface area contributed by atoms with E-state index in [1.54, 1.807) is 6.20 Å². The van der Waals surface area contributed by atoms with Gasteiger partial charge in [-0.05, 0) is 38.0 Å². The first-order valence-corrected chi connectivity index (χ1v) is 8.13. The molecule has 22 heavy (non-hydrogen) atoms. The number of esters is 1. The van der Waals surface area contributed by atoms with E-state index < -0.39 is 5.97 Å². The summed E-state index contributed by atoms with van der Waals surface area (Å²) in [4.78, 5) is 14.0. The van der Waals surface area contributed by atoms with Gasteiger partial charge in [-0.15, -0.1) is 5.10 Å². The fourth-order valence-corrected chi connectivity index (χ4v) is 3.41. The molecule has 0 radical (unpaired) electrons. The summed E-state index contributed by atoms with van der Waals surface area (Å²) in [5.74, 6) is 0.396. The molecule has 1 aliphatic heterocycles. The average molecular weight is 304 g/mol. The lowest BCUT2D eigenvalue weighted by atomic mass is 9.93. The first kappa shape index (κ1) is 15.2. The number of rotatable bonds is 4. The van der Waals surface area contributed by atoms with Gasteiger partial charge in [-0.3, -0.25) is 0 Å². The molecule has 0 saturated carbocycles. The Balaban J connectivity index is 1.49. The monoisotopic (exact) mass is 304 g/mol. The fraction of sp³-hybridized carbons (Fsp3) is 0.688. The molecular formula is C16H24N4O2. The zero-order valence-electron chi connectivity index (χ0n) is 13.1. The SMILES string of the molecule is COC(=O)c1cn(C2CCN(C[C@H]3CC=CCC3)CC2)nn1. The molecule has 0 aromatic carbocycles. The number of hydrogen-bond donors (Lipinski definition) is 0. The zero-order valence-corrected chi connectivity index (χ0v) is 13.1. The molecule has 2 aliphatic rings. The second-order valence-electron chi connectivity index (χ2n) is 6.26. The Bertz CT molecular complexity index is 532. The van der Waals surface area contributed by atoms with Crippen LogP contribution in [0.3, 0.4) is 0 Å². The van der Waals surface area contributed by atoms with Crippen molar-refractivity contribution in [2.45, 2.75) is 38.1 Å². The third kappa shape index (κ3) is 3.55. The Morgan fingerprint density at radius 3 is 2.82 bits per heavy atom. The van der Waals surface area contributed by atoms with Crippen LogP contribution in [0.25, 0.3) is 0 Å². The van der Waals surface area contributed by atoms with Gasteiger partial charge in [0.15, 0.2) is 5.69 Å². The number of hydrogen-bond acceptors (Lipinski definition) is 5. The maximum absolute atomic E-state index is 11.4. The summed E-state index contributed by atoms with van der Waals surface area (Å²) in [5.41, 5.74) is 0.291. The van der Waals surface area contributed by atoms with Crippen LogP contribution in [0.1, 0.15) is 48.6 Å². The van der Waals surface area contributed by atoms with E-state index in [2.05, 4.69) is 32.1 Å². The minimum atomic E-state index is -0.422. The Hall–Kier alpha value is -1.69. The molecule has 1 aliphatic carbocycles. The number of nitrogens with zero attached hydrogens (tertiary/aromatic N) is 4. The Morgan fingerprint density at radius 1 is 1.32 bits per heavy atom. The summed E-state index contributed by atoms with van der Waals surface area (Å²) in [6.07, 6.45) is 12.2. The van der Waals surface area contributed by atoms with Gasteiger partial charge in [0.05, 0.1) is 19.3 Å².